The zero-order valence-electron chi connectivity index (χ0n) is 23.3. The summed E-state index contributed by atoms with van der Waals surface area (Å²) in [6.07, 6.45) is 5.34. The summed E-state index contributed by atoms with van der Waals surface area (Å²) in [7, 11) is 0. The second-order valence-electron chi connectivity index (χ2n) is 12.1. The number of piperidine rings is 1. The van der Waals surface area contributed by atoms with E-state index >= 15 is 0 Å². The van der Waals surface area contributed by atoms with Gasteiger partial charge in [-0.25, -0.2) is 0 Å². The van der Waals surface area contributed by atoms with Crippen LogP contribution in [0.5, 0.6) is 5.75 Å². The van der Waals surface area contributed by atoms with Crippen molar-refractivity contribution in [3.05, 3.63) is 98.0 Å². The van der Waals surface area contributed by atoms with Crippen LogP contribution in [-0.2, 0) is 25.7 Å². The standard InChI is InChI=1S/C34H30BrClN2O5/c35-26-16-28(40)31-25(32(26)41)15-24-21(29(31)22-7-6-20(39)14-27(22)36)8-9-23-30(24)34(43)38(33(23)42)19-10-12-37(13-11-19)17-18-4-2-1-3-5-18/h1-8,14,16,19,23-24,29-30,39H,9-13,15,17H2. The van der Waals surface area contributed by atoms with Gasteiger partial charge in [0, 0.05) is 53.8 Å². The van der Waals surface area contributed by atoms with Crippen molar-refractivity contribution in [2.45, 2.75) is 44.2 Å². The molecule has 5 aliphatic rings. The number of rotatable bonds is 4. The number of imide groups is 1. The molecule has 43 heavy (non-hydrogen) atoms. The average Bonchev–Trinajstić information content (AvgIpc) is 3.25. The maximum absolute atomic E-state index is 14.2. The number of aromatic hydroxyl groups is 1. The molecular weight excluding hydrogens is 632 g/mol. The highest BCUT2D eigenvalue weighted by Crippen LogP contribution is 2.56. The number of phenols is 1. The zero-order valence-corrected chi connectivity index (χ0v) is 25.7. The topological polar surface area (TPSA) is 95.0 Å². The molecule has 4 atom stereocenters. The van der Waals surface area contributed by atoms with E-state index in [4.69, 9.17) is 11.6 Å². The van der Waals surface area contributed by atoms with Gasteiger partial charge in [0.25, 0.3) is 0 Å². The van der Waals surface area contributed by atoms with Crippen LogP contribution in [0.3, 0.4) is 0 Å². The van der Waals surface area contributed by atoms with Gasteiger partial charge in [0.1, 0.15) is 5.75 Å². The molecule has 4 unspecified atom stereocenters. The molecule has 2 fully saturated rings. The van der Waals surface area contributed by atoms with Crippen molar-refractivity contribution in [1.82, 2.24) is 9.80 Å². The van der Waals surface area contributed by atoms with Gasteiger partial charge in [-0.1, -0.05) is 59.6 Å². The maximum Gasteiger partial charge on any atom is 0.233 e. The molecule has 0 bridgehead atoms. The molecule has 1 N–H and O–H groups in total. The highest BCUT2D eigenvalue weighted by atomic mass is 79.9. The van der Waals surface area contributed by atoms with Gasteiger partial charge >= 0.3 is 0 Å². The summed E-state index contributed by atoms with van der Waals surface area (Å²) < 4.78 is 0.185. The lowest BCUT2D eigenvalue weighted by atomic mass is 9.59. The number of halogens is 2. The minimum Gasteiger partial charge on any atom is -0.508 e. The molecule has 2 aromatic rings. The summed E-state index contributed by atoms with van der Waals surface area (Å²) in [5, 5.41) is 10.3. The van der Waals surface area contributed by atoms with E-state index in [9.17, 15) is 24.3 Å². The summed E-state index contributed by atoms with van der Waals surface area (Å²) in [6.45, 7) is 2.44. The van der Waals surface area contributed by atoms with E-state index in [-0.39, 0.29) is 51.1 Å². The van der Waals surface area contributed by atoms with E-state index in [0.717, 1.165) is 38.0 Å². The Labute approximate surface area is 263 Å². The van der Waals surface area contributed by atoms with Crippen LogP contribution in [0.1, 0.15) is 42.7 Å². The number of carbonyl (C=O) groups excluding carboxylic acids is 4. The van der Waals surface area contributed by atoms with Gasteiger partial charge in [0.15, 0.2) is 11.6 Å². The summed E-state index contributed by atoms with van der Waals surface area (Å²) >= 11 is 9.88. The molecule has 0 radical (unpaired) electrons. The predicted molar refractivity (Wildman–Crippen MR) is 164 cm³/mol. The Morgan fingerprint density at radius 3 is 2.42 bits per heavy atom. The third kappa shape index (κ3) is 4.75. The lowest BCUT2D eigenvalue weighted by Crippen LogP contribution is -2.47. The lowest BCUT2D eigenvalue weighted by molar-refractivity contribution is -0.144. The summed E-state index contributed by atoms with van der Waals surface area (Å²) in [5.74, 6) is -3.02. The average molecular weight is 662 g/mol. The van der Waals surface area contributed by atoms with Crippen molar-refractivity contribution in [1.29, 1.82) is 0 Å². The molecule has 0 saturated carbocycles. The molecule has 0 aromatic heterocycles. The lowest BCUT2D eigenvalue weighted by Gasteiger charge is -2.42. The van der Waals surface area contributed by atoms with Crippen LogP contribution in [-0.4, -0.2) is 57.4 Å². The number of benzene rings is 2. The molecule has 7 nitrogen and oxygen atoms in total. The fourth-order valence-corrected chi connectivity index (χ4v) is 8.60. The normalized spacial score (nSPS) is 28.0. The molecule has 7 rings (SSSR count). The van der Waals surface area contributed by atoms with Crippen molar-refractivity contribution < 1.29 is 24.3 Å². The number of ketones is 2. The number of Topliss-reactive ketones (excluding diaryl/α,β-unsaturated/α-hetero) is 1. The van der Waals surface area contributed by atoms with Crippen LogP contribution >= 0.6 is 27.5 Å². The van der Waals surface area contributed by atoms with E-state index < -0.39 is 23.7 Å². The monoisotopic (exact) mass is 660 g/mol. The quantitative estimate of drug-likeness (QED) is 0.265. The molecule has 0 spiro atoms. The zero-order chi connectivity index (χ0) is 30.0. The SMILES string of the molecule is O=C1C=C(Br)C(=O)C2=C1C(c1ccc(O)cc1Cl)C1=CCC3C(=O)N(C4CCN(Cc5ccccc5)CC4)C(=O)C3C1C2. The third-order valence-electron chi connectivity index (χ3n) is 9.83. The van der Waals surface area contributed by atoms with Gasteiger partial charge in [0.2, 0.25) is 11.8 Å². The maximum atomic E-state index is 14.2. The van der Waals surface area contributed by atoms with Crippen LogP contribution in [0.25, 0.3) is 0 Å². The number of hydrogen-bond acceptors (Lipinski definition) is 6. The number of carbonyl (C=O) groups is 4. The Morgan fingerprint density at radius 2 is 1.70 bits per heavy atom. The summed E-state index contributed by atoms with van der Waals surface area (Å²) in [6, 6.07) is 14.7. The molecule has 2 heterocycles. The molecular formula is C34H30BrClN2O5. The van der Waals surface area contributed by atoms with Gasteiger partial charge < -0.3 is 5.11 Å². The smallest absolute Gasteiger partial charge is 0.233 e. The summed E-state index contributed by atoms with van der Waals surface area (Å²) in [5.41, 5.74) is 3.41. The van der Waals surface area contributed by atoms with Crippen molar-refractivity contribution in [3.63, 3.8) is 0 Å². The van der Waals surface area contributed by atoms with Gasteiger partial charge in [-0.2, -0.15) is 0 Å². The molecule has 2 amide bonds. The number of fused-ring (bicyclic) bond motifs is 3. The van der Waals surface area contributed by atoms with E-state index in [1.807, 2.05) is 24.3 Å². The fourth-order valence-electron chi connectivity index (χ4n) is 7.87. The van der Waals surface area contributed by atoms with Crippen molar-refractivity contribution in [2.75, 3.05) is 13.1 Å². The molecule has 3 aliphatic carbocycles. The minimum absolute atomic E-state index is 0.0105. The van der Waals surface area contributed by atoms with Crippen LogP contribution < -0.4 is 0 Å². The highest BCUT2D eigenvalue weighted by Gasteiger charge is 2.57. The van der Waals surface area contributed by atoms with Gasteiger partial charge in [-0.3, -0.25) is 29.0 Å². The van der Waals surface area contributed by atoms with Crippen LogP contribution in [0, 0.1) is 17.8 Å². The Kier molecular flexibility index (Phi) is 7.27. The van der Waals surface area contributed by atoms with Crippen molar-refractivity contribution in [2.24, 2.45) is 17.8 Å². The minimum atomic E-state index is -0.644. The largest absolute Gasteiger partial charge is 0.508 e. The Bertz CT molecular complexity index is 1660. The number of likely N-dealkylation sites (tertiary alicyclic amines) is 2. The Morgan fingerprint density at radius 1 is 0.953 bits per heavy atom. The van der Waals surface area contributed by atoms with Crippen LogP contribution in [0.15, 0.2) is 81.9 Å². The summed E-state index contributed by atoms with van der Waals surface area (Å²) in [4.78, 5) is 58.8. The number of hydrogen-bond donors (Lipinski definition) is 1. The van der Waals surface area contributed by atoms with E-state index in [1.54, 1.807) is 6.07 Å². The van der Waals surface area contributed by atoms with E-state index in [0.29, 0.717) is 23.1 Å². The first-order valence-corrected chi connectivity index (χ1v) is 15.9. The first-order valence-electron chi connectivity index (χ1n) is 14.7. The van der Waals surface area contributed by atoms with Crippen LogP contribution in [0.2, 0.25) is 5.02 Å². The second kappa shape index (κ2) is 11.0. The number of phenolic OH excluding ortho intramolecular Hbond substituents is 1. The highest BCUT2D eigenvalue weighted by molar-refractivity contribution is 9.12. The molecule has 2 saturated heterocycles. The van der Waals surface area contributed by atoms with E-state index in [1.165, 1.54) is 28.7 Å². The third-order valence-corrected chi connectivity index (χ3v) is 10.7. The molecule has 2 aromatic carbocycles. The number of nitrogens with zero attached hydrogens (tertiary/aromatic N) is 2. The number of amides is 2. The van der Waals surface area contributed by atoms with Crippen LogP contribution in [0.4, 0.5) is 0 Å². The van der Waals surface area contributed by atoms with Gasteiger partial charge in [-0.05, 0) is 70.8 Å². The molecule has 2 aliphatic heterocycles. The molecule has 9 heteroatoms. The first kappa shape index (κ1) is 28.4. The fraction of sp³-hybridized carbons (Fsp3) is 0.353. The van der Waals surface area contributed by atoms with Crippen molar-refractivity contribution >= 4 is 50.9 Å². The van der Waals surface area contributed by atoms with Gasteiger partial charge in [-0.15, -0.1) is 0 Å². The second-order valence-corrected chi connectivity index (χ2v) is 13.4. The first-order chi connectivity index (χ1) is 20.7. The van der Waals surface area contributed by atoms with Gasteiger partial charge in [0.05, 0.1) is 16.3 Å². The van der Waals surface area contributed by atoms with E-state index in [2.05, 4.69) is 33.0 Å². The Balaban J connectivity index is 1.19. The number of allylic oxidation sites excluding steroid dienone is 6. The van der Waals surface area contributed by atoms with Crippen molar-refractivity contribution in [3.8, 4) is 5.75 Å². The molecule has 220 valence electrons. The Hall–Kier alpha value is -3.33. The predicted octanol–water partition coefficient (Wildman–Crippen LogP) is 5.47.